The van der Waals surface area contributed by atoms with E-state index in [1.54, 1.807) is 12.1 Å². The van der Waals surface area contributed by atoms with E-state index in [9.17, 15) is 9.18 Å². The first-order valence-electron chi connectivity index (χ1n) is 8.65. The lowest BCUT2D eigenvalue weighted by molar-refractivity contribution is -0.120. The summed E-state index contributed by atoms with van der Waals surface area (Å²) in [5.41, 5.74) is 4.21. The highest BCUT2D eigenvalue weighted by atomic mass is 19.1. The Bertz CT molecular complexity index is 769. The maximum absolute atomic E-state index is 12.9. The lowest BCUT2D eigenvalue weighted by atomic mass is 9.97. The van der Waals surface area contributed by atoms with Crippen LogP contribution in [0.5, 0.6) is 11.5 Å². The number of amides is 1. The van der Waals surface area contributed by atoms with Gasteiger partial charge in [-0.15, -0.1) is 0 Å². The van der Waals surface area contributed by atoms with Crippen LogP contribution in [0, 0.1) is 5.82 Å². The van der Waals surface area contributed by atoms with Gasteiger partial charge in [0.05, 0.1) is 19.6 Å². The molecule has 0 aliphatic carbocycles. The van der Waals surface area contributed by atoms with Crippen LogP contribution in [0.2, 0.25) is 0 Å². The lowest BCUT2D eigenvalue weighted by Gasteiger charge is -2.13. The molecule has 0 atom stereocenters. The van der Waals surface area contributed by atoms with Crippen molar-refractivity contribution in [1.29, 1.82) is 0 Å². The summed E-state index contributed by atoms with van der Waals surface area (Å²) in [6, 6.07) is 8.41. The molecular weight excluding hydrogens is 321 g/mol. The molecule has 2 aromatic carbocycles. The Morgan fingerprint density at radius 2 is 1.92 bits per heavy atom. The van der Waals surface area contributed by atoms with Gasteiger partial charge in [0.25, 0.3) is 0 Å². The van der Waals surface area contributed by atoms with Crippen molar-refractivity contribution < 1.29 is 18.7 Å². The van der Waals surface area contributed by atoms with Crippen LogP contribution in [0.4, 0.5) is 4.39 Å². The van der Waals surface area contributed by atoms with Gasteiger partial charge in [-0.3, -0.25) is 4.79 Å². The standard InChI is InChI=1S/C20H20FNO3/c21-15-3-1-13(2-4-15)5-8-22-19(23)12-17-16-7-10-24-18(16)11-14-6-9-25-20(14)17/h1-4,11H,5-10,12H2,(H,22,23). The zero-order valence-electron chi connectivity index (χ0n) is 13.9. The van der Waals surface area contributed by atoms with Gasteiger partial charge in [0.1, 0.15) is 17.3 Å². The fourth-order valence-corrected chi connectivity index (χ4v) is 3.49. The van der Waals surface area contributed by atoms with Crippen molar-refractivity contribution in [2.75, 3.05) is 19.8 Å². The highest BCUT2D eigenvalue weighted by Gasteiger charge is 2.27. The van der Waals surface area contributed by atoms with Crippen molar-refractivity contribution in [3.8, 4) is 11.5 Å². The number of halogens is 1. The van der Waals surface area contributed by atoms with Gasteiger partial charge in [-0.25, -0.2) is 4.39 Å². The van der Waals surface area contributed by atoms with E-state index in [1.807, 2.05) is 0 Å². The monoisotopic (exact) mass is 341 g/mol. The third-order valence-corrected chi connectivity index (χ3v) is 4.75. The van der Waals surface area contributed by atoms with Crippen LogP contribution in [0.1, 0.15) is 22.3 Å². The Morgan fingerprint density at radius 1 is 1.12 bits per heavy atom. The Labute approximate surface area is 146 Å². The van der Waals surface area contributed by atoms with E-state index >= 15 is 0 Å². The van der Waals surface area contributed by atoms with Gasteiger partial charge in [0, 0.05) is 36.1 Å². The Hall–Kier alpha value is -2.56. The topological polar surface area (TPSA) is 47.6 Å². The van der Waals surface area contributed by atoms with Crippen molar-refractivity contribution in [1.82, 2.24) is 5.32 Å². The highest BCUT2D eigenvalue weighted by Crippen LogP contribution is 2.40. The summed E-state index contributed by atoms with van der Waals surface area (Å²) in [7, 11) is 0. The Balaban J connectivity index is 1.41. The van der Waals surface area contributed by atoms with Gasteiger partial charge < -0.3 is 14.8 Å². The normalized spacial score (nSPS) is 14.4. The van der Waals surface area contributed by atoms with Crippen molar-refractivity contribution in [2.45, 2.75) is 25.7 Å². The SMILES string of the molecule is O=C(Cc1c2c(cc3c1OCC3)OCC2)NCCc1ccc(F)cc1. The number of rotatable bonds is 5. The predicted octanol–water partition coefficient (Wildman–Crippen LogP) is 2.60. The molecule has 0 spiro atoms. The van der Waals surface area contributed by atoms with Crippen LogP contribution in [0.3, 0.4) is 0 Å². The molecule has 1 amide bonds. The molecular formula is C20H20FNO3. The van der Waals surface area contributed by atoms with Crippen LogP contribution in [-0.2, 0) is 30.5 Å². The van der Waals surface area contributed by atoms with Crippen LogP contribution in [0.25, 0.3) is 0 Å². The third-order valence-electron chi connectivity index (χ3n) is 4.75. The molecule has 4 rings (SSSR count). The molecule has 0 bridgehead atoms. The zero-order valence-corrected chi connectivity index (χ0v) is 13.9. The zero-order chi connectivity index (χ0) is 17.2. The van der Waals surface area contributed by atoms with Crippen molar-refractivity contribution in [2.24, 2.45) is 0 Å². The fraction of sp³-hybridized carbons (Fsp3) is 0.350. The van der Waals surface area contributed by atoms with Crippen LogP contribution in [-0.4, -0.2) is 25.7 Å². The van der Waals surface area contributed by atoms with Crippen molar-refractivity contribution in [3.05, 3.63) is 58.4 Å². The molecule has 2 aromatic rings. The van der Waals surface area contributed by atoms with E-state index in [4.69, 9.17) is 9.47 Å². The maximum Gasteiger partial charge on any atom is 0.224 e. The molecule has 0 aromatic heterocycles. The Morgan fingerprint density at radius 3 is 2.76 bits per heavy atom. The summed E-state index contributed by atoms with van der Waals surface area (Å²) >= 11 is 0. The molecule has 2 heterocycles. The molecule has 2 aliphatic rings. The van der Waals surface area contributed by atoms with E-state index in [0.29, 0.717) is 32.6 Å². The molecule has 0 saturated heterocycles. The minimum absolute atomic E-state index is 0.0277. The second-order valence-electron chi connectivity index (χ2n) is 6.42. The largest absolute Gasteiger partial charge is 0.493 e. The Kier molecular flexibility index (Phi) is 4.30. The van der Waals surface area contributed by atoms with Crippen LogP contribution < -0.4 is 14.8 Å². The van der Waals surface area contributed by atoms with Gasteiger partial charge in [-0.1, -0.05) is 12.1 Å². The van der Waals surface area contributed by atoms with Crippen molar-refractivity contribution in [3.63, 3.8) is 0 Å². The number of carbonyl (C=O) groups excluding carboxylic acids is 1. The summed E-state index contributed by atoms with van der Waals surface area (Å²) in [6.07, 6.45) is 2.67. The molecule has 130 valence electrons. The van der Waals surface area contributed by atoms with Crippen molar-refractivity contribution >= 4 is 5.91 Å². The smallest absolute Gasteiger partial charge is 0.224 e. The van der Waals surface area contributed by atoms with Gasteiger partial charge in [-0.05, 0) is 30.2 Å². The minimum atomic E-state index is -0.248. The maximum atomic E-state index is 12.9. The summed E-state index contributed by atoms with van der Waals surface area (Å²) in [6.45, 7) is 1.86. The van der Waals surface area contributed by atoms with E-state index in [1.165, 1.54) is 12.1 Å². The molecule has 25 heavy (non-hydrogen) atoms. The number of fused-ring (bicyclic) bond motifs is 2. The summed E-state index contributed by atoms with van der Waals surface area (Å²) in [4.78, 5) is 12.4. The first-order valence-corrected chi connectivity index (χ1v) is 8.65. The van der Waals surface area contributed by atoms with Gasteiger partial charge in [-0.2, -0.15) is 0 Å². The molecule has 0 radical (unpaired) electrons. The molecule has 2 aliphatic heterocycles. The van der Waals surface area contributed by atoms with Gasteiger partial charge >= 0.3 is 0 Å². The van der Waals surface area contributed by atoms with Crippen LogP contribution >= 0.6 is 0 Å². The second-order valence-corrected chi connectivity index (χ2v) is 6.42. The number of hydrogen-bond donors (Lipinski definition) is 1. The number of benzene rings is 2. The molecule has 4 nitrogen and oxygen atoms in total. The summed E-state index contributed by atoms with van der Waals surface area (Å²) in [5.74, 6) is 1.50. The van der Waals surface area contributed by atoms with E-state index in [2.05, 4.69) is 11.4 Å². The fourth-order valence-electron chi connectivity index (χ4n) is 3.49. The van der Waals surface area contributed by atoms with Gasteiger partial charge in [0.2, 0.25) is 5.91 Å². The number of nitrogens with one attached hydrogen (secondary N) is 1. The number of ether oxygens (including phenoxy) is 2. The number of hydrogen-bond acceptors (Lipinski definition) is 3. The van der Waals surface area contributed by atoms with Gasteiger partial charge in [0.15, 0.2) is 0 Å². The molecule has 5 heteroatoms. The summed E-state index contributed by atoms with van der Waals surface area (Å²) < 4.78 is 24.4. The second kappa shape index (κ2) is 6.75. The minimum Gasteiger partial charge on any atom is -0.493 e. The van der Waals surface area contributed by atoms with E-state index in [0.717, 1.165) is 46.6 Å². The molecule has 0 unspecified atom stereocenters. The predicted molar refractivity (Wildman–Crippen MR) is 91.7 cm³/mol. The average molecular weight is 341 g/mol. The number of carbonyl (C=O) groups is 1. The summed E-state index contributed by atoms with van der Waals surface area (Å²) in [5, 5.41) is 2.95. The molecule has 1 N–H and O–H groups in total. The van der Waals surface area contributed by atoms with Crippen LogP contribution in [0.15, 0.2) is 30.3 Å². The third kappa shape index (κ3) is 3.31. The molecule has 0 saturated carbocycles. The lowest BCUT2D eigenvalue weighted by Crippen LogP contribution is -2.27. The first kappa shape index (κ1) is 15.9. The highest BCUT2D eigenvalue weighted by molar-refractivity contribution is 5.80. The van der Waals surface area contributed by atoms with E-state index in [-0.39, 0.29) is 11.7 Å². The molecule has 0 fully saturated rings. The average Bonchev–Trinajstić information content (AvgIpc) is 3.25. The van der Waals surface area contributed by atoms with E-state index < -0.39 is 0 Å². The quantitative estimate of drug-likeness (QED) is 0.909. The first-order chi connectivity index (χ1) is 12.2.